The molecule has 1 fully saturated rings. The number of anilines is 2. The number of likely N-dealkylation sites (N-methyl/N-ethyl adjacent to an activating group) is 1. The zero-order valence-electron chi connectivity index (χ0n) is 16.0. The highest BCUT2D eigenvalue weighted by atomic mass is 127. The van der Waals surface area contributed by atoms with Crippen LogP contribution in [0.25, 0.3) is 33.3 Å². The highest BCUT2D eigenvalue weighted by Gasteiger charge is 2.18. The van der Waals surface area contributed by atoms with Crippen LogP contribution >= 0.6 is 22.6 Å². The minimum atomic E-state index is -0.241. The molecule has 2 aromatic heterocycles. The van der Waals surface area contributed by atoms with E-state index in [1.54, 1.807) is 0 Å². The Hall–Kier alpha value is -2.59. The monoisotopic (exact) mass is 500 g/mol. The van der Waals surface area contributed by atoms with Crippen molar-refractivity contribution in [2.24, 2.45) is 0 Å². The highest BCUT2D eigenvalue weighted by molar-refractivity contribution is 14.1. The number of hydrogen-bond donors (Lipinski definition) is 3. The maximum Gasteiger partial charge on any atom is 0.261 e. The van der Waals surface area contributed by atoms with Crippen molar-refractivity contribution in [3.63, 3.8) is 0 Å². The van der Waals surface area contributed by atoms with Crippen LogP contribution < -0.4 is 16.2 Å². The smallest absolute Gasteiger partial charge is 0.261 e. The van der Waals surface area contributed by atoms with Gasteiger partial charge in [-0.05, 0) is 66.0 Å². The van der Waals surface area contributed by atoms with Gasteiger partial charge in [0.2, 0.25) is 0 Å². The van der Waals surface area contributed by atoms with E-state index in [2.05, 4.69) is 61.5 Å². The van der Waals surface area contributed by atoms with Gasteiger partial charge in [-0.2, -0.15) is 0 Å². The van der Waals surface area contributed by atoms with E-state index in [9.17, 15) is 4.79 Å². The normalized spacial score (nSPS) is 15.4. The summed E-state index contributed by atoms with van der Waals surface area (Å²) in [4.78, 5) is 28.4. The summed E-state index contributed by atoms with van der Waals surface area (Å²) in [6.45, 7) is 4.09. The Morgan fingerprint density at radius 1 is 1.03 bits per heavy atom. The second-order valence-corrected chi connectivity index (χ2v) is 8.76. The maximum absolute atomic E-state index is 12.8. The summed E-state index contributed by atoms with van der Waals surface area (Å²) in [7, 11) is 2.15. The number of hydrogen-bond acceptors (Lipinski definition) is 5. The standard InChI is InChI=1S/C21H21IN6O/c1-27-6-8-28(9-7-27)13-3-5-16-17(11-13)25-20(24-16)18-19(23)14-10-12(22)2-4-15(14)26-21(18)29/h2-5,10-11H,6-9H2,1H3,(H,24,25)(H3,23,26,29). The number of nitrogen functional groups attached to an aromatic ring is 1. The van der Waals surface area contributed by atoms with Crippen molar-refractivity contribution in [3.8, 4) is 11.4 Å². The van der Waals surface area contributed by atoms with Crippen LogP contribution in [0, 0.1) is 3.57 Å². The number of nitrogens with zero attached hydrogens (tertiary/aromatic N) is 3. The number of aromatic nitrogens is 3. The van der Waals surface area contributed by atoms with Crippen molar-refractivity contribution >= 4 is 55.9 Å². The van der Waals surface area contributed by atoms with Gasteiger partial charge in [0.05, 0.1) is 22.2 Å². The van der Waals surface area contributed by atoms with Crippen LogP contribution in [0.3, 0.4) is 0 Å². The van der Waals surface area contributed by atoms with E-state index in [-0.39, 0.29) is 5.56 Å². The highest BCUT2D eigenvalue weighted by Crippen LogP contribution is 2.30. The lowest BCUT2D eigenvalue weighted by atomic mass is 10.1. The van der Waals surface area contributed by atoms with E-state index in [1.807, 2.05) is 24.3 Å². The summed E-state index contributed by atoms with van der Waals surface area (Å²) in [5, 5.41) is 0.824. The number of nitrogens with two attached hydrogens (primary N) is 1. The van der Waals surface area contributed by atoms with Crippen molar-refractivity contribution in [1.82, 2.24) is 19.9 Å². The van der Waals surface area contributed by atoms with Gasteiger partial charge in [0.25, 0.3) is 5.56 Å². The number of H-pyrrole nitrogens is 2. The lowest BCUT2D eigenvalue weighted by molar-refractivity contribution is 0.313. The van der Waals surface area contributed by atoms with Crippen molar-refractivity contribution in [2.75, 3.05) is 43.9 Å². The van der Waals surface area contributed by atoms with Gasteiger partial charge in [0.1, 0.15) is 11.4 Å². The van der Waals surface area contributed by atoms with Gasteiger partial charge >= 0.3 is 0 Å². The second kappa shape index (κ2) is 7.03. The molecular weight excluding hydrogens is 479 g/mol. The summed E-state index contributed by atoms with van der Waals surface area (Å²) >= 11 is 2.24. The minimum Gasteiger partial charge on any atom is -0.397 e. The van der Waals surface area contributed by atoms with E-state index in [0.717, 1.165) is 57.4 Å². The molecule has 5 rings (SSSR count). The van der Waals surface area contributed by atoms with E-state index >= 15 is 0 Å². The molecule has 3 heterocycles. The fraction of sp³-hybridized carbons (Fsp3) is 0.238. The third-order valence-electron chi connectivity index (χ3n) is 5.59. The number of pyridine rings is 1. The van der Waals surface area contributed by atoms with E-state index in [1.165, 1.54) is 0 Å². The van der Waals surface area contributed by atoms with Crippen LogP contribution in [0.5, 0.6) is 0 Å². The van der Waals surface area contributed by atoms with Gasteiger partial charge in [-0.1, -0.05) is 0 Å². The molecule has 8 heteroatoms. The van der Waals surface area contributed by atoms with Crippen LogP contribution in [0.4, 0.5) is 11.4 Å². The molecule has 148 valence electrons. The Kier molecular flexibility index (Phi) is 4.47. The third-order valence-corrected chi connectivity index (χ3v) is 6.26. The number of nitrogens with one attached hydrogen (secondary N) is 2. The van der Waals surface area contributed by atoms with Crippen molar-refractivity contribution in [3.05, 3.63) is 50.3 Å². The molecule has 0 spiro atoms. The molecule has 0 amide bonds. The molecule has 0 radical (unpaired) electrons. The summed E-state index contributed by atoms with van der Waals surface area (Å²) < 4.78 is 1.06. The Balaban J connectivity index is 1.60. The average Bonchev–Trinajstić information content (AvgIpc) is 3.12. The summed E-state index contributed by atoms with van der Waals surface area (Å²) in [5.41, 5.74) is 10.6. The Morgan fingerprint density at radius 3 is 2.59 bits per heavy atom. The first-order valence-electron chi connectivity index (χ1n) is 9.54. The van der Waals surface area contributed by atoms with Crippen LogP contribution in [-0.4, -0.2) is 53.1 Å². The van der Waals surface area contributed by atoms with Crippen LogP contribution in [-0.2, 0) is 0 Å². The van der Waals surface area contributed by atoms with Crippen molar-refractivity contribution in [1.29, 1.82) is 0 Å². The van der Waals surface area contributed by atoms with E-state index in [0.29, 0.717) is 17.1 Å². The Bertz CT molecular complexity index is 1290. The molecule has 1 aliphatic heterocycles. The molecule has 1 saturated heterocycles. The number of piperazine rings is 1. The number of benzene rings is 2. The average molecular weight is 500 g/mol. The van der Waals surface area contributed by atoms with Gasteiger partial charge in [0, 0.05) is 40.8 Å². The number of aromatic amines is 2. The summed E-state index contributed by atoms with van der Waals surface area (Å²) in [6, 6.07) is 12.0. The zero-order chi connectivity index (χ0) is 20.1. The summed E-state index contributed by atoms with van der Waals surface area (Å²) in [5.74, 6) is 0.495. The van der Waals surface area contributed by atoms with Crippen molar-refractivity contribution < 1.29 is 0 Å². The molecule has 0 aliphatic carbocycles. The lowest BCUT2D eigenvalue weighted by Gasteiger charge is -2.34. The molecule has 1 aliphatic rings. The van der Waals surface area contributed by atoms with Gasteiger partial charge in [-0.25, -0.2) is 4.98 Å². The molecular formula is C21H21IN6O. The van der Waals surface area contributed by atoms with Crippen LogP contribution in [0.2, 0.25) is 0 Å². The molecule has 0 saturated carbocycles. The number of imidazole rings is 1. The SMILES string of the molecule is CN1CCN(c2ccc3[nH]c(-c4c(N)c5cc(I)ccc5[nH]c4=O)nc3c2)CC1. The largest absolute Gasteiger partial charge is 0.397 e. The number of rotatable bonds is 2. The Labute approximate surface area is 181 Å². The van der Waals surface area contributed by atoms with Gasteiger partial charge in [0.15, 0.2) is 0 Å². The molecule has 2 aromatic carbocycles. The molecule has 7 nitrogen and oxygen atoms in total. The number of fused-ring (bicyclic) bond motifs is 2. The van der Waals surface area contributed by atoms with Crippen molar-refractivity contribution in [2.45, 2.75) is 0 Å². The predicted molar refractivity (Wildman–Crippen MR) is 126 cm³/mol. The first kappa shape index (κ1) is 18.4. The molecule has 4 aromatic rings. The van der Waals surface area contributed by atoms with Crippen LogP contribution in [0.1, 0.15) is 0 Å². The zero-order valence-corrected chi connectivity index (χ0v) is 18.2. The van der Waals surface area contributed by atoms with E-state index < -0.39 is 0 Å². The van der Waals surface area contributed by atoms with Gasteiger partial charge < -0.3 is 25.5 Å². The fourth-order valence-electron chi connectivity index (χ4n) is 3.90. The predicted octanol–water partition coefficient (Wildman–Crippen LogP) is 3.01. The maximum atomic E-state index is 12.8. The molecule has 29 heavy (non-hydrogen) atoms. The first-order chi connectivity index (χ1) is 14.0. The quantitative estimate of drug-likeness (QED) is 0.368. The minimum absolute atomic E-state index is 0.241. The van der Waals surface area contributed by atoms with Gasteiger partial charge in [-0.3, -0.25) is 4.79 Å². The molecule has 0 atom stereocenters. The second-order valence-electron chi connectivity index (χ2n) is 7.51. The fourth-order valence-corrected chi connectivity index (χ4v) is 4.39. The summed E-state index contributed by atoms with van der Waals surface area (Å²) in [6.07, 6.45) is 0. The number of halogens is 1. The first-order valence-corrected chi connectivity index (χ1v) is 10.6. The van der Waals surface area contributed by atoms with E-state index in [4.69, 9.17) is 10.7 Å². The molecule has 0 unspecified atom stereocenters. The van der Waals surface area contributed by atoms with Crippen LogP contribution in [0.15, 0.2) is 41.2 Å². The molecule has 0 bridgehead atoms. The Morgan fingerprint density at radius 2 is 1.79 bits per heavy atom. The molecule has 4 N–H and O–H groups in total. The third kappa shape index (κ3) is 3.25. The topological polar surface area (TPSA) is 94.0 Å². The lowest BCUT2D eigenvalue weighted by Crippen LogP contribution is -2.44. The van der Waals surface area contributed by atoms with Gasteiger partial charge in [-0.15, -0.1) is 0 Å².